The molecular weight excluding hydrogens is 547 g/mol. The van der Waals surface area contributed by atoms with Gasteiger partial charge in [-0.2, -0.15) is 0 Å². The van der Waals surface area contributed by atoms with E-state index in [0.717, 1.165) is 31.7 Å². The number of anilines is 1. The van der Waals surface area contributed by atoms with E-state index in [1.54, 1.807) is 25.1 Å². The molecule has 3 aliphatic rings. The first-order valence-electron chi connectivity index (χ1n) is 13.1. The molecule has 1 aromatic rings. The topological polar surface area (TPSA) is 84.0 Å². The summed E-state index contributed by atoms with van der Waals surface area (Å²) in [7, 11) is 0. The van der Waals surface area contributed by atoms with E-state index in [0.29, 0.717) is 40.3 Å². The number of hydrogen-bond donors (Lipinski definition) is 0. The van der Waals surface area contributed by atoms with E-state index in [-0.39, 0.29) is 28.7 Å². The van der Waals surface area contributed by atoms with Crippen LogP contribution < -0.4 is 4.90 Å². The highest BCUT2D eigenvalue weighted by molar-refractivity contribution is 8.13. The van der Waals surface area contributed by atoms with Crippen molar-refractivity contribution in [2.45, 2.75) is 65.2 Å². The number of carbonyl (C=O) groups is 4. The van der Waals surface area contributed by atoms with Gasteiger partial charge >= 0.3 is 5.97 Å². The number of carbonyl (C=O) groups excluding carboxylic acids is 4. The molecule has 2 aliphatic heterocycles. The Morgan fingerprint density at radius 2 is 1.58 bits per heavy atom. The van der Waals surface area contributed by atoms with Gasteiger partial charge in [-0.05, 0) is 81.0 Å². The van der Waals surface area contributed by atoms with Crippen LogP contribution in [0.3, 0.4) is 0 Å². The van der Waals surface area contributed by atoms with Crippen LogP contribution in [0.25, 0.3) is 6.08 Å². The van der Waals surface area contributed by atoms with Gasteiger partial charge in [0, 0.05) is 29.3 Å². The molecule has 1 fully saturated rings. The van der Waals surface area contributed by atoms with E-state index < -0.39 is 5.97 Å². The maximum Gasteiger partial charge on any atom is 0.349 e. The molecule has 1 aromatic carbocycles. The number of thioether (sulfide) groups is 1. The first-order chi connectivity index (χ1) is 18.3. The molecule has 0 bridgehead atoms. The summed E-state index contributed by atoms with van der Waals surface area (Å²) in [5.74, 6) is -0.326. The number of ether oxygens (including phenoxy) is 1. The highest BCUT2D eigenvalue weighted by Gasteiger charge is 2.39. The molecule has 206 valence electrons. The van der Waals surface area contributed by atoms with Crippen LogP contribution in [0.15, 0.2) is 34.4 Å². The van der Waals surface area contributed by atoms with E-state index in [1.807, 2.05) is 11.8 Å². The number of benzene rings is 1. The zero-order valence-corrected chi connectivity index (χ0v) is 24.2. The van der Waals surface area contributed by atoms with Gasteiger partial charge in [0.05, 0.1) is 12.3 Å². The summed E-state index contributed by atoms with van der Waals surface area (Å²) in [6.45, 7) is 5.86. The lowest BCUT2D eigenvalue weighted by molar-refractivity contribution is -0.137. The fourth-order valence-corrected chi connectivity index (χ4v) is 5.57. The fraction of sp³-hybridized carbons (Fsp3) is 0.500. The Morgan fingerprint density at radius 1 is 0.974 bits per heavy atom. The third-order valence-electron chi connectivity index (χ3n) is 6.51. The van der Waals surface area contributed by atoms with Gasteiger partial charge in [-0.3, -0.25) is 14.4 Å². The van der Waals surface area contributed by atoms with Gasteiger partial charge in [0.2, 0.25) is 0 Å². The lowest BCUT2D eigenvalue weighted by Crippen LogP contribution is -2.31. The maximum atomic E-state index is 12.7. The Kier molecular flexibility index (Phi) is 11.7. The number of hydrogen-bond acceptors (Lipinski definition) is 6. The molecule has 0 N–H and O–H groups in total. The van der Waals surface area contributed by atoms with Gasteiger partial charge in [0.1, 0.15) is 5.03 Å². The number of nitrogens with zero attached hydrogens (tertiary/aromatic N) is 2. The summed E-state index contributed by atoms with van der Waals surface area (Å²) in [6.07, 6.45) is 9.42. The lowest BCUT2D eigenvalue weighted by atomic mass is 9.93. The van der Waals surface area contributed by atoms with Crippen molar-refractivity contribution in [3.63, 3.8) is 0 Å². The zero-order valence-electron chi connectivity index (χ0n) is 21.9. The van der Waals surface area contributed by atoms with Crippen molar-refractivity contribution in [3.05, 3.63) is 45.0 Å². The third kappa shape index (κ3) is 7.64. The molecule has 10 heteroatoms. The van der Waals surface area contributed by atoms with Crippen LogP contribution in [-0.4, -0.2) is 53.4 Å². The summed E-state index contributed by atoms with van der Waals surface area (Å²) in [5, 5.41) is 0.481. The Labute approximate surface area is 238 Å². The standard InChI is InChI=1S/C19H17Cl2NO4.C9H17NOS/c1-2-26-19(25)16(21)10-11-9-12(7-8-15(11)20)22-17(23)13-5-3-4-6-14(13)18(22)24;1-2-12-9(11)10-7-5-3-4-6-8-10/h7-10H,2-6H2,1H3;2-8H2,1H3/b16-10-;. The third-order valence-corrected chi connectivity index (χ3v) is 7.91. The van der Waals surface area contributed by atoms with Gasteiger partial charge in [-0.25, -0.2) is 9.69 Å². The van der Waals surface area contributed by atoms with E-state index in [4.69, 9.17) is 27.9 Å². The van der Waals surface area contributed by atoms with Gasteiger partial charge in [0.15, 0.2) is 0 Å². The van der Waals surface area contributed by atoms with Gasteiger partial charge in [-0.1, -0.05) is 54.7 Å². The molecule has 0 saturated carbocycles. The van der Waals surface area contributed by atoms with Crippen LogP contribution in [-0.2, 0) is 19.1 Å². The number of imide groups is 1. The molecule has 1 saturated heterocycles. The van der Waals surface area contributed by atoms with E-state index >= 15 is 0 Å². The van der Waals surface area contributed by atoms with Gasteiger partial charge in [-0.15, -0.1) is 0 Å². The molecule has 1 aliphatic carbocycles. The van der Waals surface area contributed by atoms with Crippen LogP contribution in [0.2, 0.25) is 5.02 Å². The quantitative estimate of drug-likeness (QED) is 0.212. The molecule has 2 heterocycles. The SMILES string of the molecule is CCOC(=O)/C(Cl)=C/c1cc(N2C(=O)C3=C(CCCC3)C2=O)ccc1Cl.CCSC(=O)N1CCCCCC1. The molecule has 0 radical (unpaired) electrons. The van der Waals surface area contributed by atoms with Crippen LogP contribution in [0.5, 0.6) is 0 Å². The first-order valence-corrected chi connectivity index (χ1v) is 14.9. The highest BCUT2D eigenvalue weighted by atomic mass is 35.5. The number of esters is 1. The van der Waals surface area contributed by atoms with Crippen LogP contribution in [0.1, 0.15) is 70.8 Å². The largest absolute Gasteiger partial charge is 0.462 e. The van der Waals surface area contributed by atoms with Crippen LogP contribution >= 0.6 is 35.0 Å². The molecule has 3 amide bonds. The van der Waals surface area contributed by atoms with Crippen molar-refractivity contribution in [3.8, 4) is 0 Å². The Bertz CT molecular complexity index is 1100. The molecule has 0 spiro atoms. The van der Waals surface area contributed by atoms with Crippen molar-refractivity contribution in [2.75, 3.05) is 30.3 Å². The highest BCUT2D eigenvalue weighted by Crippen LogP contribution is 2.37. The van der Waals surface area contributed by atoms with Crippen LogP contribution in [0.4, 0.5) is 10.5 Å². The lowest BCUT2D eigenvalue weighted by Gasteiger charge is -2.18. The molecule has 0 atom stereocenters. The van der Waals surface area contributed by atoms with Crippen molar-refractivity contribution in [1.29, 1.82) is 0 Å². The molecule has 7 nitrogen and oxygen atoms in total. The zero-order chi connectivity index (χ0) is 27.7. The second-order valence-corrected chi connectivity index (χ2v) is 11.2. The number of likely N-dealkylation sites (tertiary alicyclic amines) is 1. The van der Waals surface area contributed by atoms with Crippen LogP contribution in [0, 0.1) is 0 Å². The van der Waals surface area contributed by atoms with Crippen molar-refractivity contribution < 1.29 is 23.9 Å². The molecule has 0 unspecified atom stereocenters. The molecule has 4 rings (SSSR count). The van der Waals surface area contributed by atoms with E-state index in [2.05, 4.69) is 0 Å². The second-order valence-electron chi connectivity index (χ2n) is 9.13. The Morgan fingerprint density at radius 3 is 2.13 bits per heavy atom. The summed E-state index contributed by atoms with van der Waals surface area (Å²) in [6, 6.07) is 4.74. The molecule has 38 heavy (non-hydrogen) atoms. The Balaban J connectivity index is 0.000000279. The maximum absolute atomic E-state index is 12.7. The average Bonchev–Trinajstić information content (AvgIpc) is 3.07. The van der Waals surface area contributed by atoms with Crippen molar-refractivity contribution in [1.82, 2.24) is 4.90 Å². The van der Waals surface area contributed by atoms with Crippen molar-refractivity contribution in [2.24, 2.45) is 0 Å². The predicted octanol–water partition coefficient (Wildman–Crippen LogP) is 6.96. The summed E-state index contributed by atoms with van der Waals surface area (Å²) < 4.78 is 4.84. The monoisotopic (exact) mass is 580 g/mol. The second kappa shape index (κ2) is 14.8. The van der Waals surface area contributed by atoms with E-state index in [9.17, 15) is 19.2 Å². The van der Waals surface area contributed by atoms with Gasteiger partial charge < -0.3 is 9.64 Å². The summed E-state index contributed by atoms with van der Waals surface area (Å²) in [4.78, 5) is 51.6. The summed E-state index contributed by atoms with van der Waals surface area (Å²) in [5.41, 5.74) is 2.04. The van der Waals surface area contributed by atoms with Gasteiger partial charge in [0.25, 0.3) is 17.1 Å². The minimum Gasteiger partial charge on any atom is -0.462 e. The Hall–Kier alpha value is -2.29. The number of rotatable bonds is 5. The molecular formula is C28H34Cl2N2O5S. The van der Waals surface area contributed by atoms with Crippen molar-refractivity contribution >= 4 is 69.8 Å². The molecule has 0 aromatic heterocycles. The average molecular weight is 582 g/mol. The smallest absolute Gasteiger partial charge is 0.349 e. The van der Waals surface area contributed by atoms with E-state index in [1.165, 1.54) is 48.4 Å². The number of amides is 3. The normalized spacial score (nSPS) is 18.1. The minimum absolute atomic E-state index is 0.137. The summed E-state index contributed by atoms with van der Waals surface area (Å²) >= 11 is 13.6. The number of halogens is 2. The predicted molar refractivity (Wildman–Crippen MR) is 153 cm³/mol. The first kappa shape index (κ1) is 30.3. The minimum atomic E-state index is -0.666. The fourth-order valence-electron chi connectivity index (χ4n) is 4.62.